The number of nitrogens with two attached hydrogens (primary N) is 1. The van der Waals surface area contributed by atoms with Gasteiger partial charge in [-0.05, 0) is 30.8 Å². The van der Waals surface area contributed by atoms with Gasteiger partial charge >= 0.3 is 11.9 Å². The molecule has 2 aromatic carbocycles. The number of carbonyl (C=O) groups is 3. The molecule has 1 unspecified atom stereocenters. The second-order valence-corrected chi connectivity index (χ2v) is 8.98. The Kier molecular flexibility index (Phi) is 7.79. The van der Waals surface area contributed by atoms with E-state index in [1.165, 1.54) is 19.1 Å². The first-order valence-corrected chi connectivity index (χ1v) is 12.1. The average molecular weight is 516 g/mol. The van der Waals surface area contributed by atoms with Gasteiger partial charge in [0, 0.05) is 37.4 Å². The second-order valence-electron chi connectivity index (χ2n) is 8.98. The molecule has 0 aromatic heterocycles. The zero-order valence-corrected chi connectivity index (χ0v) is 21.5. The number of carbonyl (C=O) groups excluding carboxylic acids is 3. The Hall–Kier alpha value is -4.62. The molecule has 0 saturated carbocycles. The van der Waals surface area contributed by atoms with Crippen LogP contribution in [0, 0.1) is 11.3 Å². The molecule has 1 fully saturated rings. The van der Waals surface area contributed by atoms with Crippen LogP contribution in [0.15, 0.2) is 77.3 Å². The molecule has 0 aliphatic carbocycles. The van der Waals surface area contributed by atoms with Gasteiger partial charge in [-0.2, -0.15) is 5.26 Å². The maximum Gasteiger partial charge on any atom is 0.355 e. The van der Waals surface area contributed by atoms with E-state index in [0.717, 1.165) is 13.1 Å². The maximum atomic E-state index is 13.3. The normalized spacial score (nSPS) is 18.2. The highest BCUT2D eigenvalue weighted by atomic mass is 16.5. The van der Waals surface area contributed by atoms with Gasteiger partial charge in [0.2, 0.25) is 0 Å². The van der Waals surface area contributed by atoms with E-state index < -0.39 is 17.9 Å². The van der Waals surface area contributed by atoms with Crippen molar-refractivity contribution in [1.82, 2.24) is 9.80 Å². The van der Waals surface area contributed by atoms with E-state index in [-0.39, 0.29) is 28.6 Å². The number of likely N-dealkylation sites (N-methyl/N-ethyl adjacent to an activating group) is 1. The van der Waals surface area contributed by atoms with Gasteiger partial charge in [-0.25, -0.2) is 9.59 Å². The molecule has 1 saturated heterocycles. The number of piperazine rings is 1. The van der Waals surface area contributed by atoms with Crippen molar-refractivity contribution in [3.8, 4) is 6.07 Å². The largest absolute Gasteiger partial charge is 0.466 e. The standard InChI is InChI=1S/C28H29N5O5/c1-31-12-14-32(15-13-31)26(34)19-10-7-11-20(16-19)33-24(28(36)38-3)23(27(35)37-2)22(21(17-29)25(33)30)18-8-5-4-6-9-18/h4-11,16,22H,12-15,30H2,1-3H3. The van der Waals surface area contributed by atoms with Crippen molar-refractivity contribution in [2.45, 2.75) is 5.92 Å². The first kappa shape index (κ1) is 26.4. The Morgan fingerprint density at radius 2 is 1.61 bits per heavy atom. The summed E-state index contributed by atoms with van der Waals surface area (Å²) in [7, 11) is 4.38. The molecule has 10 heteroatoms. The van der Waals surface area contributed by atoms with E-state index in [2.05, 4.69) is 11.0 Å². The fourth-order valence-electron chi connectivity index (χ4n) is 4.75. The van der Waals surface area contributed by atoms with Crippen molar-refractivity contribution in [2.24, 2.45) is 5.73 Å². The molecule has 38 heavy (non-hydrogen) atoms. The number of rotatable bonds is 5. The van der Waals surface area contributed by atoms with Crippen LogP contribution in [0.3, 0.4) is 0 Å². The lowest BCUT2D eigenvalue weighted by molar-refractivity contribution is -0.139. The number of methoxy groups -OCH3 is 2. The number of anilines is 1. The van der Waals surface area contributed by atoms with Crippen LogP contribution < -0.4 is 10.6 Å². The predicted molar refractivity (Wildman–Crippen MR) is 139 cm³/mol. The monoisotopic (exact) mass is 515 g/mol. The van der Waals surface area contributed by atoms with E-state index in [0.29, 0.717) is 29.9 Å². The lowest BCUT2D eigenvalue weighted by atomic mass is 9.81. The number of hydrogen-bond donors (Lipinski definition) is 1. The quantitative estimate of drug-likeness (QED) is 0.594. The predicted octanol–water partition coefficient (Wildman–Crippen LogP) is 1.97. The summed E-state index contributed by atoms with van der Waals surface area (Å²) in [6, 6.07) is 17.5. The van der Waals surface area contributed by atoms with Gasteiger partial charge in [0.25, 0.3) is 5.91 Å². The molecular formula is C28H29N5O5. The highest BCUT2D eigenvalue weighted by molar-refractivity contribution is 6.06. The number of ether oxygens (including phenoxy) is 2. The third kappa shape index (κ3) is 4.84. The molecular weight excluding hydrogens is 486 g/mol. The molecule has 196 valence electrons. The van der Waals surface area contributed by atoms with Crippen molar-refractivity contribution >= 4 is 23.5 Å². The Balaban J connectivity index is 1.90. The molecule has 10 nitrogen and oxygen atoms in total. The summed E-state index contributed by atoms with van der Waals surface area (Å²) < 4.78 is 10.1. The van der Waals surface area contributed by atoms with Crippen molar-refractivity contribution < 1.29 is 23.9 Å². The van der Waals surface area contributed by atoms with Crippen LogP contribution in [0.2, 0.25) is 0 Å². The Morgan fingerprint density at radius 1 is 0.947 bits per heavy atom. The number of nitriles is 1. The molecule has 0 spiro atoms. The van der Waals surface area contributed by atoms with Crippen LogP contribution in [0.1, 0.15) is 21.8 Å². The summed E-state index contributed by atoms with van der Waals surface area (Å²) in [4.78, 5) is 44.9. The Morgan fingerprint density at radius 3 is 2.21 bits per heavy atom. The zero-order chi connectivity index (χ0) is 27.4. The summed E-state index contributed by atoms with van der Waals surface area (Å²) in [5, 5.41) is 10.2. The third-order valence-electron chi connectivity index (χ3n) is 6.75. The number of hydrogen-bond acceptors (Lipinski definition) is 9. The van der Waals surface area contributed by atoms with E-state index in [4.69, 9.17) is 15.2 Å². The van der Waals surface area contributed by atoms with Crippen molar-refractivity contribution in [2.75, 3.05) is 52.3 Å². The highest BCUT2D eigenvalue weighted by Crippen LogP contribution is 2.43. The molecule has 2 aliphatic heterocycles. The van der Waals surface area contributed by atoms with E-state index in [1.807, 2.05) is 7.05 Å². The molecule has 2 aliphatic rings. The van der Waals surface area contributed by atoms with Crippen molar-refractivity contribution in [3.63, 3.8) is 0 Å². The third-order valence-corrected chi connectivity index (χ3v) is 6.75. The molecule has 4 rings (SSSR count). The Labute approximate surface area is 221 Å². The first-order valence-electron chi connectivity index (χ1n) is 12.1. The molecule has 1 atom stereocenters. The molecule has 2 aromatic rings. The molecule has 2 heterocycles. The van der Waals surface area contributed by atoms with Gasteiger partial charge in [-0.15, -0.1) is 0 Å². The number of allylic oxidation sites excluding steroid dienone is 1. The second kappa shape index (κ2) is 11.2. The summed E-state index contributed by atoms with van der Waals surface area (Å²) in [5.41, 5.74) is 7.61. The average Bonchev–Trinajstić information content (AvgIpc) is 2.96. The van der Waals surface area contributed by atoms with Gasteiger partial charge in [0.1, 0.15) is 11.5 Å². The molecule has 0 bridgehead atoms. The van der Waals surface area contributed by atoms with Crippen LogP contribution in [0.25, 0.3) is 0 Å². The van der Waals surface area contributed by atoms with Crippen LogP contribution in [-0.4, -0.2) is 75.1 Å². The number of esters is 2. The fraction of sp³-hybridized carbons (Fsp3) is 0.286. The first-order chi connectivity index (χ1) is 18.3. The number of benzene rings is 2. The minimum absolute atomic E-state index is 0.0556. The smallest absolute Gasteiger partial charge is 0.355 e. The lowest BCUT2D eigenvalue weighted by Crippen LogP contribution is -2.47. The summed E-state index contributed by atoms with van der Waals surface area (Å²) in [6.07, 6.45) is 0. The van der Waals surface area contributed by atoms with Crippen LogP contribution in [0.5, 0.6) is 0 Å². The van der Waals surface area contributed by atoms with E-state index >= 15 is 0 Å². The minimum atomic E-state index is -0.964. The SMILES string of the molecule is COC(=O)C1=C(C(=O)OC)N(c2cccc(C(=O)N3CCN(C)CC3)c2)C(N)=C(C#N)C1c1ccccc1. The van der Waals surface area contributed by atoms with E-state index in [1.54, 1.807) is 59.5 Å². The maximum absolute atomic E-state index is 13.3. The zero-order valence-electron chi connectivity index (χ0n) is 21.5. The molecule has 0 radical (unpaired) electrons. The highest BCUT2D eigenvalue weighted by Gasteiger charge is 2.43. The van der Waals surface area contributed by atoms with Gasteiger partial charge in [0.05, 0.1) is 37.4 Å². The summed E-state index contributed by atoms with van der Waals surface area (Å²) in [5.74, 6) is -2.84. The molecule has 1 amide bonds. The summed E-state index contributed by atoms with van der Waals surface area (Å²) in [6.45, 7) is 2.69. The van der Waals surface area contributed by atoms with Gasteiger partial charge < -0.3 is 25.0 Å². The number of nitrogens with zero attached hydrogens (tertiary/aromatic N) is 4. The van der Waals surface area contributed by atoms with Gasteiger partial charge in [0.15, 0.2) is 0 Å². The van der Waals surface area contributed by atoms with Crippen molar-refractivity contribution in [3.05, 3.63) is 88.4 Å². The van der Waals surface area contributed by atoms with Gasteiger partial charge in [-0.1, -0.05) is 36.4 Å². The van der Waals surface area contributed by atoms with Crippen LogP contribution in [0.4, 0.5) is 5.69 Å². The lowest BCUT2D eigenvalue weighted by Gasteiger charge is -2.36. The van der Waals surface area contributed by atoms with Crippen LogP contribution in [-0.2, 0) is 19.1 Å². The molecule has 2 N–H and O–H groups in total. The number of amides is 1. The minimum Gasteiger partial charge on any atom is -0.466 e. The Bertz CT molecular complexity index is 1350. The topological polar surface area (TPSA) is 129 Å². The summed E-state index contributed by atoms with van der Waals surface area (Å²) >= 11 is 0. The van der Waals surface area contributed by atoms with E-state index in [9.17, 15) is 19.6 Å². The van der Waals surface area contributed by atoms with Crippen LogP contribution >= 0.6 is 0 Å². The van der Waals surface area contributed by atoms with Gasteiger partial charge in [-0.3, -0.25) is 9.69 Å². The fourth-order valence-corrected chi connectivity index (χ4v) is 4.75. The van der Waals surface area contributed by atoms with Crippen molar-refractivity contribution in [1.29, 1.82) is 5.26 Å².